The van der Waals surface area contributed by atoms with Crippen molar-refractivity contribution >= 4 is 35.0 Å². The number of nitrogens with one attached hydrogen (secondary N) is 1. The molecule has 0 fully saturated rings. The Bertz CT molecular complexity index is 898. The van der Waals surface area contributed by atoms with E-state index in [2.05, 4.69) is 61.5 Å². The molecule has 1 aliphatic rings. The summed E-state index contributed by atoms with van der Waals surface area (Å²) in [5.41, 5.74) is 7.58. The van der Waals surface area contributed by atoms with E-state index in [4.69, 9.17) is 11.6 Å². The van der Waals surface area contributed by atoms with Crippen LogP contribution >= 0.6 is 11.6 Å². The standard InChI is InChI=1S/C21H22ClN3O/c1-14-12-21(2,3)25(4)19-10-5-15(11-18(14)19)13-23-24-20(26)16-6-8-17(22)9-7-16/h5-13H,1-4H3,(H,24,26)/b23-13+. The molecule has 1 amide bonds. The summed E-state index contributed by atoms with van der Waals surface area (Å²) in [7, 11) is 2.10. The van der Waals surface area contributed by atoms with Gasteiger partial charge in [0.05, 0.1) is 11.8 Å². The lowest BCUT2D eigenvalue weighted by Crippen LogP contribution is -2.42. The van der Waals surface area contributed by atoms with Crippen LogP contribution in [0.25, 0.3) is 5.57 Å². The average molecular weight is 368 g/mol. The number of fused-ring (bicyclic) bond motifs is 1. The van der Waals surface area contributed by atoms with Gasteiger partial charge in [-0.15, -0.1) is 0 Å². The molecule has 134 valence electrons. The number of hydrazone groups is 1. The Morgan fingerprint density at radius 1 is 1.19 bits per heavy atom. The maximum atomic E-state index is 12.1. The molecule has 1 aliphatic heterocycles. The molecule has 2 aromatic rings. The second-order valence-electron chi connectivity index (χ2n) is 7.02. The first kappa shape index (κ1) is 18.2. The van der Waals surface area contributed by atoms with Crippen molar-refractivity contribution in [3.05, 3.63) is 70.3 Å². The Kier molecular flexibility index (Phi) is 4.88. The fraction of sp³-hybridized carbons (Fsp3) is 0.238. The summed E-state index contributed by atoms with van der Waals surface area (Å²) in [6.45, 7) is 6.51. The van der Waals surface area contributed by atoms with Crippen LogP contribution in [0.15, 0.2) is 53.6 Å². The highest BCUT2D eigenvalue weighted by molar-refractivity contribution is 6.30. The molecule has 26 heavy (non-hydrogen) atoms. The van der Waals surface area contributed by atoms with Gasteiger partial charge in [0.2, 0.25) is 0 Å². The molecule has 0 radical (unpaired) electrons. The smallest absolute Gasteiger partial charge is 0.271 e. The summed E-state index contributed by atoms with van der Waals surface area (Å²) in [4.78, 5) is 14.3. The Balaban J connectivity index is 1.75. The number of halogens is 1. The molecule has 0 aromatic heterocycles. The normalized spacial score (nSPS) is 15.6. The predicted molar refractivity (Wildman–Crippen MR) is 109 cm³/mol. The zero-order valence-electron chi connectivity index (χ0n) is 15.4. The number of carbonyl (C=O) groups is 1. The number of amides is 1. The SMILES string of the molecule is CC1=CC(C)(C)N(C)c2ccc(/C=N/NC(=O)c3ccc(Cl)cc3)cc21. The summed E-state index contributed by atoms with van der Waals surface area (Å²) >= 11 is 5.83. The number of benzene rings is 2. The van der Waals surface area contributed by atoms with E-state index in [1.54, 1.807) is 30.5 Å². The molecule has 0 saturated heterocycles. The maximum absolute atomic E-state index is 12.1. The van der Waals surface area contributed by atoms with Gasteiger partial charge in [-0.1, -0.05) is 23.7 Å². The molecular formula is C21H22ClN3O. The highest BCUT2D eigenvalue weighted by Gasteiger charge is 2.28. The van der Waals surface area contributed by atoms with Crippen LogP contribution in [0.5, 0.6) is 0 Å². The molecule has 4 nitrogen and oxygen atoms in total. The van der Waals surface area contributed by atoms with Gasteiger partial charge >= 0.3 is 0 Å². The van der Waals surface area contributed by atoms with E-state index in [0.29, 0.717) is 10.6 Å². The molecule has 1 N–H and O–H groups in total. The first-order valence-electron chi connectivity index (χ1n) is 8.44. The van der Waals surface area contributed by atoms with Gasteiger partial charge in [-0.25, -0.2) is 5.43 Å². The number of allylic oxidation sites excluding steroid dienone is 1. The van der Waals surface area contributed by atoms with Crippen LogP contribution < -0.4 is 10.3 Å². The van der Waals surface area contributed by atoms with Crippen molar-refractivity contribution in [3.8, 4) is 0 Å². The van der Waals surface area contributed by atoms with E-state index in [1.807, 2.05) is 6.07 Å². The van der Waals surface area contributed by atoms with Crippen LogP contribution in [-0.4, -0.2) is 24.7 Å². The van der Waals surface area contributed by atoms with Gasteiger partial charge in [-0.05, 0) is 68.3 Å². The Labute approximate surface area is 159 Å². The first-order chi connectivity index (χ1) is 12.3. The lowest BCUT2D eigenvalue weighted by Gasteiger charge is -2.40. The average Bonchev–Trinajstić information content (AvgIpc) is 2.60. The quantitative estimate of drug-likeness (QED) is 0.629. The van der Waals surface area contributed by atoms with Crippen molar-refractivity contribution in [1.82, 2.24) is 5.43 Å². The van der Waals surface area contributed by atoms with Crippen molar-refractivity contribution < 1.29 is 4.79 Å². The molecule has 0 unspecified atom stereocenters. The molecule has 0 saturated carbocycles. The van der Waals surface area contributed by atoms with Crippen LogP contribution in [0.3, 0.4) is 0 Å². The monoisotopic (exact) mass is 367 g/mol. The zero-order chi connectivity index (χ0) is 18.9. The van der Waals surface area contributed by atoms with Gasteiger partial charge in [0, 0.05) is 28.9 Å². The highest BCUT2D eigenvalue weighted by Crippen LogP contribution is 2.37. The predicted octanol–water partition coefficient (Wildman–Crippen LogP) is 4.74. The summed E-state index contributed by atoms with van der Waals surface area (Å²) in [5, 5.41) is 4.66. The van der Waals surface area contributed by atoms with E-state index in [9.17, 15) is 4.79 Å². The molecule has 0 bridgehead atoms. The molecule has 0 aliphatic carbocycles. The third kappa shape index (κ3) is 3.65. The molecule has 0 atom stereocenters. The maximum Gasteiger partial charge on any atom is 0.271 e. The highest BCUT2D eigenvalue weighted by atomic mass is 35.5. The first-order valence-corrected chi connectivity index (χ1v) is 8.82. The van der Waals surface area contributed by atoms with E-state index in [0.717, 1.165) is 5.56 Å². The van der Waals surface area contributed by atoms with Crippen LogP contribution in [0, 0.1) is 0 Å². The van der Waals surface area contributed by atoms with Gasteiger partial charge < -0.3 is 4.90 Å². The van der Waals surface area contributed by atoms with Gasteiger partial charge in [0.25, 0.3) is 5.91 Å². The van der Waals surface area contributed by atoms with Crippen LogP contribution in [0.2, 0.25) is 5.02 Å². The Morgan fingerprint density at radius 3 is 2.58 bits per heavy atom. The van der Waals surface area contributed by atoms with Crippen molar-refractivity contribution in [3.63, 3.8) is 0 Å². The van der Waals surface area contributed by atoms with Crippen molar-refractivity contribution in [2.45, 2.75) is 26.3 Å². The van der Waals surface area contributed by atoms with Crippen molar-refractivity contribution in [1.29, 1.82) is 0 Å². The molecular weight excluding hydrogens is 346 g/mol. The molecule has 0 spiro atoms. The number of carbonyl (C=O) groups excluding carboxylic acids is 1. The number of rotatable bonds is 3. The van der Waals surface area contributed by atoms with Gasteiger partial charge in [0.1, 0.15) is 0 Å². The molecule has 5 heteroatoms. The topological polar surface area (TPSA) is 44.7 Å². The van der Waals surface area contributed by atoms with E-state index in [1.165, 1.54) is 16.8 Å². The largest absolute Gasteiger partial charge is 0.366 e. The Morgan fingerprint density at radius 2 is 1.88 bits per heavy atom. The third-order valence-corrected chi connectivity index (χ3v) is 4.98. The Hall–Kier alpha value is -2.59. The second kappa shape index (κ2) is 6.96. The summed E-state index contributed by atoms with van der Waals surface area (Å²) in [6.07, 6.45) is 3.92. The van der Waals surface area contributed by atoms with E-state index in [-0.39, 0.29) is 11.4 Å². The number of hydrogen-bond acceptors (Lipinski definition) is 3. The number of hydrogen-bond donors (Lipinski definition) is 1. The third-order valence-electron chi connectivity index (χ3n) is 4.73. The number of likely N-dealkylation sites (N-methyl/N-ethyl adjacent to an activating group) is 1. The lowest BCUT2D eigenvalue weighted by molar-refractivity contribution is 0.0955. The van der Waals surface area contributed by atoms with Gasteiger partial charge in [0.15, 0.2) is 0 Å². The summed E-state index contributed by atoms with van der Waals surface area (Å²) in [5.74, 6) is -0.270. The minimum atomic E-state index is -0.270. The minimum Gasteiger partial charge on any atom is -0.366 e. The van der Waals surface area contributed by atoms with Crippen LogP contribution in [0.1, 0.15) is 42.3 Å². The summed E-state index contributed by atoms with van der Waals surface area (Å²) < 4.78 is 0. The molecule has 1 heterocycles. The number of nitrogens with zero attached hydrogens (tertiary/aromatic N) is 2. The number of anilines is 1. The summed E-state index contributed by atoms with van der Waals surface area (Å²) in [6, 6.07) is 12.9. The van der Waals surface area contributed by atoms with E-state index >= 15 is 0 Å². The fourth-order valence-corrected chi connectivity index (χ4v) is 3.21. The fourth-order valence-electron chi connectivity index (χ4n) is 3.09. The zero-order valence-corrected chi connectivity index (χ0v) is 16.1. The lowest BCUT2D eigenvalue weighted by atomic mass is 9.89. The molecule has 2 aromatic carbocycles. The van der Waals surface area contributed by atoms with Gasteiger partial charge in [-0.2, -0.15) is 5.10 Å². The molecule has 3 rings (SSSR count). The van der Waals surface area contributed by atoms with Gasteiger partial charge in [-0.3, -0.25) is 4.79 Å². The van der Waals surface area contributed by atoms with Crippen molar-refractivity contribution in [2.75, 3.05) is 11.9 Å². The van der Waals surface area contributed by atoms with Crippen LogP contribution in [0.4, 0.5) is 5.69 Å². The minimum absolute atomic E-state index is 0.0146. The van der Waals surface area contributed by atoms with E-state index < -0.39 is 0 Å². The van der Waals surface area contributed by atoms with Crippen molar-refractivity contribution in [2.24, 2.45) is 5.10 Å². The van der Waals surface area contributed by atoms with Crippen LogP contribution in [-0.2, 0) is 0 Å². The second-order valence-corrected chi connectivity index (χ2v) is 7.46.